The second-order valence-corrected chi connectivity index (χ2v) is 29.4. The maximum Gasteiger partial charge on any atom is 0.490 e. The first-order valence-electron chi connectivity index (χ1n) is 36.0. The normalized spacial score (nSPS) is 24.9. The first kappa shape index (κ1) is 99.8. The number of azide groups is 2. The minimum Gasteiger partial charge on any atom is -0.400 e. The van der Waals surface area contributed by atoms with Crippen LogP contribution in [0.15, 0.2) is 106 Å². The fourth-order valence-corrected chi connectivity index (χ4v) is 12.6. The van der Waals surface area contributed by atoms with Crippen molar-refractivity contribution in [3.63, 3.8) is 0 Å². The molecule has 0 amide bonds. The number of aromatic nitrogens is 6. The van der Waals surface area contributed by atoms with E-state index in [1.807, 2.05) is 0 Å². The molecule has 6 saturated heterocycles. The second kappa shape index (κ2) is 39.9. The van der Waals surface area contributed by atoms with Gasteiger partial charge in [0.2, 0.25) is 0 Å². The minimum atomic E-state index is -4.74. The van der Waals surface area contributed by atoms with Crippen LogP contribution in [0.3, 0.4) is 0 Å². The topological polar surface area (TPSA) is 348 Å². The molecular weight excluding hydrogens is 1790 g/mol. The van der Waals surface area contributed by atoms with Crippen molar-refractivity contribution >= 4 is 28.6 Å². The number of pyridine rings is 6. The molecule has 51 heteroatoms. The number of hydrogen-bond donors (Lipinski definition) is 4. The van der Waals surface area contributed by atoms with Crippen LogP contribution in [0.2, 0.25) is 0 Å². The van der Waals surface area contributed by atoms with Gasteiger partial charge in [0.05, 0.1) is 127 Å². The van der Waals surface area contributed by atoms with Crippen LogP contribution < -0.4 is 5.73 Å². The van der Waals surface area contributed by atoms with Gasteiger partial charge in [0.15, 0.2) is 5.82 Å². The summed E-state index contributed by atoms with van der Waals surface area (Å²) in [5.74, 6) is -6.74. The molecule has 0 saturated carbocycles. The molecule has 0 aromatic carbocycles. The van der Waals surface area contributed by atoms with E-state index in [-0.39, 0.29) is 117 Å². The smallest absolute Gasteiger partial charge is 0.400 e. The zero-order valence-corrected chi connectivity index (χ0v) is 65.7. The molecule has 8 aliphatic rings. The van der Waals surface area contributed by atoms with Crippen molar-refractivity contribution < 1.29 is 163 Å². The molecule has 0 radical (unpaired) electrons. The molecule has 5 N–H and O–H groups in total. The lowest BCUT2D eigenvalue weighted by Crippen LogP contribution is -2.54. The number of halogens is 25. The highest BCUT2D eigenvalue weighted by molar-refractivity contribution is 9.10. The van der Waals surface area contributed by atoms with Gasteiger partial charge in [0.1, 0.15) is 79.7 Å². The number of epoxide rings is 1. The quantitative estimate of drug-likeness (QED) is 0.0209. The van der Waals surface area contributed by atoms with E-state index in [2.05, 4.69) is 99.7 Å². The Kier molecular flexibility index (Phi) is 32.4. The van der Waals surface area contributed by atoms with Gasteiger partial charge < -0.3 is 63.5 Å². The SMILES string of the molecule is CC1(C)OB(C2=CCOCC2)OC1(C)C.Fc1cc(C(F)(F)F)cnc1Br.Fc1cc(C(F)(F)F)cnc1C12CCOCC1O2.Fc1cc(C(F)(F)F)cnc1C1=CCOCC1.NC1(c2ncc(C(F)(F)F)cc2F)CCOCC1O.[N-]=[N+]=NC1(c2ncc(C(F)(F)F)cc2F)CCOCC1O.[N-]=[N+]=NC1COCCC1(O)c1ncc(C(F)(F)F)cc1F. The molecule has 8 unspecified atom stereocenters. The summed E-state index contributed by atoms with van der Waals surface area (Å²) in [5.41, 5.74) is 9.51. The Morgan fingerprint density at radius 3 is 1.29 bits per heavy atom. The molecule has 0 spiro atoms. The van der Waals surface area contributed by atoms with E-state index in [4.69, 9.17) is 59.3 Å². The van der Waals surface area contributed by atoms with E-state index in [0.717, 1.165) is 13.0 Å². The highest BCUT2D eigenvalue weighted by Gasteiger charge is 2.62. The lowest BCUT2D eigenvalue weighted by atomic mass is 9.75. The van der Waals surface area contributed by atoms with Gasteiger partial charge in [-0.1, -0.05) is 22.4 Å². The van der Waals surface area contributed by atoms with E-state index in [1.54, 1.807) is 6.08 Å². The summed E-state index contributed by atoms with van der Waals surface area (Å²) in [5, 5.41) is 36.9. The van der Waals surface area contributed by atoms with Crippen molar-refractivity contribution in [2.45, 2.75) is 161 Å². The van der Waals surface area contributed by atoms with Crippen molar-refractivity contribution in [3.8, 4) is 0 Å². The molecule has 8 atom stereocenters. The summed E-state index contributed by atoms with van der Waals surface area (Å²) in [6, 6.07) is 0.998. The molecule has 6 fully saturated rings. The predicted molar refractivity (Wildman–Crippen MR) is 380 cm³/mol. The van der Waals surface area contributed by atoms with Crippen LogP contribution in [0.1, 0.15) is 128 Å². The van der Waals surface area contributed by atoms with Crippen LogP contribution in [0.5, 0.6) is 0 Å². The molecule has 6 aromatic heterocycles. The minimum absolute atomic E-state index is 0.0266. The molecule has 14 heterocycles. The molecule has 674 valence electrons. The summed E-state index contributed by atoms with van der Waals surface area (Å²) in [6.45, 7) is 11.0. The number of fused-ring (bicyclic) bond motifs is 1. The van der Waals surface area contributed by atoms with Crippen LogP contribution in [0.25, 0.3) is 26.5 Å². The molecule has 6 aromatic rings. The highest BCUT2D eigenvalue weighted by Crippen LogP contribution is 2.52. The van der Waals surface area contributed by atoms with Gasteiger partial charge in [0, 0.05) is 86.3 Å². The Hall–Kier alpha value is -8.66. The third-order valence-corrected chi connectivity index (χ3v) is 20.6. The molecular formula is C72H71BBrF24N13O12. The molecule has 0 aliphatic carbocycles. The van der Waals surface area contributed by atoms with E-state index in [9.17, 15) is 121 Å². The Bertz CT molecular complexity index is 4820. The van der Waals surface area contributed by atoms with Crippen LogP contribution in [-0.2, 0) is 102 Å². The first-order valence-corrected chi connectivity index (χ1v) is 36.8. The average Bonchev–Trinajstić information content (AvgIpc) is 1.57. The van der Waals surface area contributed by atoms with Crippen LogP contribution >= 0.6 is 15.9 Å². The van der Waals surface area contributed by atoms with Gasteiger partial charge in [-0.3, -0.25) is 24.9 Å². The van der Waals surface area contributed by atoms with Gasteiger partial charge in [-0.15, -0.1) is 0 Å². The third kappa shape index (κ3) is 24.7. The van der Waals surface area contributed by atoms with E-state index in [1.165, 1.54) is 5.47 Å². The molecule has 123 heavy (non-hydrogen) atoms. The molecule has 25 nitrogen and oxygen atoms in total. The Balaban J connectivity index is 0.000000179. The number of nitrogens with two attached hydrogens (primary N) is 1. The molecule has 0 bridgehead atoms. The van der Waals surface area contributed by atoms with Crippen LogP contribution in [0, 0.1) is 34.9 Å². The van der Waals surface area contributed by atoms with Gasteiger partial charge in [-0.25, -0.2) is 31.3 Å². The van der Waals surface area contributed by atoms with Crippen molar-refractivity contribution in [2.24, 2.45) is 16.0 Å². The summed E-state index contributed by atoms with van der Waals surface area (Å²) in [6.07, 6.45) is -22.3. The maximum atomic E-state index is 14.0. The summed E-state index contributed by atoms with van der Waals surface area (Å²) < 4.78 is 351. The Labute approximate surface area is 689 Å². The van der Waals surface area contributed by atoms with Gasteiger partial charge in [0.25, 0.3) is 0 Å². The molecule has 14 rings (SSSR count). The first-order chi connectivity index (χ1) is 57.1. The Morgan fingerprint density at radius 2 is 0.870 bits per heavy atom. The van der Waals surface area contributed by atoms with Crippen molar-refractivity contribution in [3.05, 3.63) is 213 Å². The van der Waals surface area contributed by atoms with Gasteiger partial charge >= 0.3 is 44.2 Å². The third-order valence-electron chi connectivity index (χ3n) is 20.0. The highest BCUT2D eigenvalue weighted by atomic mass is 79.9. The van der Waals surface area contributed by atoms with E-state index < -0.39 is 157 Å². The van der Waals surface area contributed by atoms with Gasteiger partial charge in [-0.05, 0) is 128 Å². The lowest BCUT2D eigenvalue weighted by molar-refractivity contribution is -0.139. The predicted octanol–water partition coefficient (Wildman–Crippen LogP) is 16.5. The maximum absolute atomic E-state index is 14.0. The number of alkyl halides is 18. The van der Waals surface area contributed by atoms with Gasteiger partial charge in [-0.2, -0.15) is 79.0 Å². The largest absolute Gasteiger partial charge is 0.490 e. The Morgan fingerprint density at radius 1 is 0.463 bits per heavy atom. The number of aliphatic hydroxyl groups excluding tert-OH is 2. The number of rotatable bonds is 8. The summed E-state index contributed by atoms with van der Waals surface area (Å²) in [7, 11) is -0.182. The second-order valence-electron chi connectivity index (χ2n) is 28.6. The fraction of sp³-hybridized carbons (Fsp3) is 0.528. The zero-order chi connectivity index (χ0) is 91.5. The van der Waals surface area contributed by atoms with Crippen LogP contribution in [0.4, 0.5) is 105 Å². The molecule has 8 aliphatic heterocycles. The lowest BCUT2D eigenvalue weighted by Gasteiger charge is -2.37. The number of ether oxygens (including phenoxy) is 7. The number of hydrogen-bond acceptors (Lipinski definition) is 21. The van der Waals surface area contributed by atoms with E-state index in [0.29, 0.717) is 113 Å². The monoisotopic (exact) mass is 1860 g/mol. The van der Waals surface area contributed by atoms with E-state index >= 15 is 0 Å². The fourth-order valence-electron chi connectivity index (χ4n) is 12.4. The van der Waals surface area contributed by atoms with Crippen molar-refractivity contribution in [1.29, 1.82) is 0 Å². The average molecular weight is 1860 g/mol. The summed E-state index contributed by atoms with van der Waals surface area (Å²) >= 11 is 2.64. The number of nitrogens with zero attached hydrogens (tertiary/aromatic N) is 12. The van der Waals surface area contributed by atoms with Crippen molar-refractivity contribution in [2.75, 3.05) is 79.3 Å². The summed E-state index contributed by atoms with van der Waals surface area (Å²) in [4.78, 5) is 25.7. The van der Waals surface area contributed by atoms with Crippen LogP contribution in [-0.4, -0.2) is 167 Å². The van der Waals surface area contributed by atoms with Crippen molar-refractivity contribution in [1.82, 2.24) is 29.9 Å². The zero-order valence-electron chi connectivity index (χ0n) is 64.1. The standard InChI is InChI=1S/C11H19BO3.2C11H10F4N4O2.C11H12F4N2O2.C11H9F4NO2.C11H9F4NO.C6H2BrF4N/c1-10(2)11(3,4)15-12(14-10)9-5-7-13-8-6-9;12-7-3-6(11(13,14)15)4-17-9(7)10(18-19-16)1-2-21-5-8(10)20;12-7-3-6(11(13,14)15)4-17-9(7)10(20)1-2-21-5-8(10)18-19-16;12-7-3-6(11(13,14)15)4-17-9(7)10(16)1-2-19-5-8(10)18;12-7-3-6(11(13,14)15)4-16-9(7)10-1-2-17-5-8(10)18-10;12-9-5-8(11(13,14)15)6-16-10(9)7-1-3-17-4-2-7;7-5-4(8)1-3(2-12-5)6(9,10)11/h5H,6-8H2,1-4H3;2*3-4,8,20H,1-2,5H2;3-4,8,18H,1-2,5,16H2;3-4,8H,1-2,5H2;1,5-6H,2-4H2;1-2H. The number of aliphatic hydroxyl groups is 3.